The van der Waals surface area contributed by atoms with Gasteiger partial charge in [-0.3, -0.25) is 4.68 Å². The summed E-state index contributed by atoms with van der Waals surface area (Å²) in [5.74, 6) is 1.27. The minimum atomic E-state index is -0.469. The van der Waals surface area contributed by atoms with Crippen LogP contribution in [0.5, 0.6) is 5.75 Å². The molecule has 3 aliphatic rings. The zero-order valence-corrected chi connectivity index (χ0v) is 23.8. The molecule has 8 rings (SSSR count). The zero-order chi connectivity index (χ0) is 28.8. The van der Waals surface area contributed by atoms with Gasteiger partial charge in [0, 0.05) is 22.3 Å². The van der Waals surface area contributed by atoms with Crippen molar-refractivity contribution >= 4 is 27.4 Å². The van der Waals surface area contributed by atoms with Gasteiger partial charge < -0.3 is 21.2 Å². The van der Waals surface area contributed by atoms with E-state index in [2.05, 4.69) is 119 Å². The number of fused-ring (bicyclic) bond motifs is 6. The minimum absolute atomic E-state index is 0.0429. The molecular weight excluding hydrogens is 528 g/mol. The summed E-state index contributed by atoms with van der Waals surface area (Å²) < 4.78 is 8.61. The smallest absolute Gasteiger partial charge is 0.128 e. The highest BCUT2D eigenvalue weighted by Crippen LogP contribution is 2.45. The predicted molar refractivity (Wildman–Crippen MR) is 176 cm³/mol. The van der Waals surface area contributed by atoms with E-state index in [-0.39, 0.29) is 24.1 Å². The second-order valence-corrected chi connectivity index (χ2v) is 11.5. The fraction of sp³-hybridized carbons (Fsp3) is 0.158. The summed E-state index contributed by atoms with van der Waals surface area (Å²) in [5.41, 5.74) is 17.5. The van der Waals surface area contributed by atoms with Gasteiger partial charge in [-0.15, -0.1) is 0 Å². The first-order valence-corrected chi connectivity index (χ1v) is 15.0. The molecule has 4 aromatic carbocycles. The van der Waals surface area contributed by atoms with E-state index in [1.807, 2.05) is 30.3 Å². The van der Waals surface area contributed by atoms with Crippen molar-refractivity contribution in [2.45, 2.75) is 30.8 Å². The molecule has 0 saturated carbocycles. The first-order valence-electron chi connectivity index (χ1n) is 15.0. The Hall–Kier alpha value is -4.84. The molecule has 2 heterocycles. The number of aromatic nitrogens is 1. The Morgan fingerprint density at radius 2 is 1.60 bits per heavy atom. The van der Waals surface area contributed by atoms with Crippen LogP contribution in [0.15, 0.2) is 140 Å². The van der Waals surface area contributed by atoms with Gasteiger partial charge in [-0.25, -0.2) is 0 Å². The maximum Gasteiger partial charge on any atom is 0.128 e. The molecule has 212 valence electrons. The first-order chi connectivity index (χ1) is 21.2. The quantitative estimate of drug-likeness (QED) is 0.210. The minimum Gasteiger partial charge on any atom is -0.622 e. The van der Waals surface area contributed by atoms with E-state index in [1.54, 1.807) is 0 Å². The van der Waals surface area contributed by atoms with Crippen molar-refractivity contribution < 1.29 is 4.74 Å². The number of allylic oxidation sites excluding steroid dienone is 5. The van der Waals surface area contributed by atoms with Gasteiger partial charge in [-0.2, -0.15) is 0 Å². The average Bonchev–Trinajstić information content (AvgIpc) is 3.59. The number of hydrogen-bond acceptors (Lipinski definition) is 3. The highest BCUT2D eigenvalue weighted by Gasteiger charge is 2.33. The molecule has 0 saturated heterocycles. The number of nitrogens with zero attached hydrogens (tertiary/aromatic N) is 2. The third-order valence-electron chi connectivity index (χ3n) is 8.85. The fourth-order valence-electron chi connectivity index (χ4n) is 6.67. The Kier molecular flexibility index (Phi) is 6.47. The topological polar surface area (TPSA) is 66.3 Å². The molecule has 1 aliphatic heterocycles. The molecule has 0 amide bonds. The number of para-hydroxylation sites is 1. The third-order valence-corrected chi connectivity index (χ3v) is 8.85. The lowest BCUT2D eigenvalue weighted by molar-refractivity contribution is 0.269. The van der Waals surface area contributed by atoms with Gasteiger partial charge >= 0.3 is 0 Å². The molecule has 0 fully saturated rings. The highest BCUT2D eigenvalue weighted by molar-refractivity contribution is 6.09. The first kappa shape index (κ1) is 25.8. The van der Waals surface area contributed by atoms with Crippen LogP contribution in [0.4, 0.5) is 0 Å². The van der Waals surface area contributed by atoms with Crippen molar-refractivity contribution in [3.63, 3.8) is 0 Å². The molecule has 5 nitrogen and oxygen atoms in total. The number of nitrogens with two attached hydrogens (primary N) is 1. The van der Waals surface area contributed by atoms with Gasteiger partial charge in [0.2, 0.25) is 0 Å². The highest BCUT2D eigenvalue weighted by atomic mass is 16.5. The molecular formula is C38H33N4O-. The van der Waals surface area contributed by atoms with E-state index in [0.717, 1.165) is 34.2 Å². The molecule has 0 radical (unpaired) electrons. The Morgan fingerprint density at radius 3 is 2.47 bits per heavy atom. The van der Waals surface area contributed by atoms with Crippen LogP contribution in [0.2, 0.25) is 0 Å². The van der Waals surface area contributed by atoms with E-state index < -0.39 is 6.17 Å². The Balaban J connectivity index is 1.23. The van der Waals surface area contributed by atoms with Gasteiger partial charge in [0.15, 0.2) is 0 Å². The normalized spacial score (nSPS) is 21.7. The molecule has 5 aromatic rings. The van der Waals surface area contributed by atoms with Crippen molar-refractivity contribution in [3.05, 3.63) is 162 Å². The molecule has 43 heavy (non-hydrogen) atoms. The molecule has 1 aromatic heterocycles. The molecule has 5 heteroatoms. The zero-order valence-electron chi connectivity index (χ0n) is 23.8. The Labute approximate surface area is 251 Å². The van der Waals surface area contributed by atoms with Crippen LogP contribution >= 0.6 is 0 Å². The van der Waals surface area contributed by atoms with Crippen molar-refractivity contribution in [2.24, 2.45) is 11.7 Å². The summed E-state index contributed by atoms with van der Waals surface area (Å²) >= 11 is 0. The number of ether oxygens (including phenoxy) is 1. The SMILES string of the molecule is NC([N-]C(Nn1c2ccccc2c2cc3c(cc21)C1C=CC=CC1O3)C1C=C(c2ccccc2)C=CC1)c1ccccc1. The van der Waals surface area contributed by atoms with Crippen LogP contribution in [0.3, 0.4) is 0 Å². The summed E-state index contributed by atoms with van der Waals surface area (Å²) in [7, 11) is 0. The van der Waals surface area contributed by atoms with E-state index in [4.69, 9.17) is 15.8 Å². The monoisotopic (exact) mass is 561 g/mol. The Morgan fingerprint density at radius 1 is 0.837 bits per heavy atom. The van der Waals surface area contributed by atoms with E-state index in [1.165, 1.54) is 22.1 Å². The number of rotatable bonds is 7. The molecule has 0 spiro atoms. The molecule has 3 N–H and O–H groups in total. The summed E-state index contributed by atoms with van der Waals surface area (Å²) in [5, 5.41) is 7.58. The van der Waals surface area contributed by atoms with Crippen molar-refractivity contribution in [1.82, 2.24) is 4.68 Å². The standard InChI is InChI=1S/C38H33N4O/c39-37(26-14-5-2-6-15-26)40-38(28-17-11-16-27(22-28)25-12-3-1-4-13-25)41-42-33-20-9-7-18-29(33)31-24-36-32(23-34(31)42)30-19-8-10-21-35(30)43-36/h1-16,18-24,28,30,35,37-38,41H,17,39H2/q-1. The second-order valence-electron chi connectivity index (χ2n) is 11.5. The Bertz CT molecular complexity index is 1920. The van der Waals surface area contributed by atoms with E-state index in [9.17, 15) is 0 Å². The van der Waals surface area contributed by atoms with Gasteiger partial charge in [-0.05, 0) is 53.9 Å². The summed E-state index contributed by atoms with van der Waals surface area (Å²) in [6, 6.07) is 33.7. The van der Waals surface area contributed by atoms with E-state index >= 15 is 0 Å². The maximum absolute atomic E-state index is 6.76. The molecule has 2 aliphatic carbocycles. The molecule has 5 unspecified atom stereocenters. The average molecular weight is 562 g/mol. The largest absolute Gasteiger partial charge is 0.622 e. The van der Waals surface area contributed by atoms with Gasteiger partial charge in [-0.1, -0.05) is 127 Å². The van der Waals surface area contributed by atoms with Crippen LogP contribution in [0.1, 0.15) is 35.2 Å². The van der Waals surface area contributed by atoms with Gasteiger partial charge in [0.1, 0.15) is 11.9 Å². The van der Waals surface area contributed by atoms with Gasteiger partial charge in [0.05, 0.1) is 11.0 Å². The third kappa shape index (κ3) is 4.67. The lowest BCUT2D eigenvalue weighted by atomic mass is 9.90. The fourth-order valence-corrected chi connectivity index (χ4v) is 6.67. The summed E-state index contributed by atoms with van der Waals surface area (Å²) in [6.45, 7) is 0. The number of nitrogens with one attached hydrogen (secondary N) is 1. The van der Waals surface area contributed by atoms with Crippen LogP contribution in [0, 0.1) is 5.92 Å². The lowest BCUT2D eigenvalue weighted by Gasteiger charge is -2.43. The maximum atomic E-state index is 6.76. The van der Waals surface area contributed by atoms with Crippen molar-refractivity contribution in [3.8, 4) is 5.75 Å². The molecule has 0 bridgehead atoms. The van der Waals surface area contributed by atoms with Crippen molar-refractivity contribution in [1.29, 1.82) is 0 Å². The van der Waals surface area contributed by atoms with Crippen LogP contribution in [-0.2, 0) is 0 Å². The second kappa shape index (κ2) is 10.8. The van der Waals surface area contributed by atoms with E-state index in [0.29, 0.717) is 0 Å². The van der Waals surface area contributed by atoms with Crippen molar-refractivity contribution in [2.75, 3.05) is 5.43 Å². The summed E-state index contributed by atoms with van der Waals surface area (Å²) in [6.07, 6.45) is 15.5. The predicted octanol–water partition coefficient (Wildman–Crippen LogP) is 8.33. The summed E-state index contributed by atoms with van der Waals surface area (Å²) in [4.78, 5) is 0. The van der Waals surface area contributed by atoms with Crippen LogP contribution in [-0.4, -0.2) is 16.9 Å². The lowest BCUT2D eigenvalue weighted by Crippen LogP contribution is -2.36. The van der Waals surface area contributed by atoms with Crippen LogP contribution < -0.4 is 15.9 Å². The van der Waals surface area contributed by atoms with Crippen LogP contribution in [0.25, 0.3) is 32.7 Å². The number of hydrogen-bond donors (Lipinski definition) is 2. The number of benzene rings is 4. The van der Waals surface area contributed by atoms with Gasteiger partial charge in [0.25, 0.3) is 0 Å². The molecule has 5 atom stereocenters.